The Balaban J connectivity index is 1.31. The van der Waals surface area contributed by atoms with Crippen molar-refractivity contribution >= 4 is 17.5 Å². The van der Waals surface area contributed by atoms with E-state index < -0.39 is 12.8 Å². The van der Waals surface area contributed by atoms with Crippen LogP contribution < -0.4 is 0 Å². The number of carbonyl (C=O) groups is 2. The third-order valence-electron chi connectivity index (χ3n) is 5.50. The van der Waals surface area contributed by atoms with E-state index in [0.717, 1.165) is 11.3 Å². The molecule has 7 nitrogen and oxygen atoms in total. The number of hydrogen-bond acceptors (Lipinski definition) is 5. The molecule has 0 aliphatic carbocycles. The highest BCUT2D eigenvalue weighted by atomic mass is 19.4. The van der Waals surface area contributed by atoms with E-state index in [1.165, 1.54) is 5.01 Å². The van der Waals surface area contributed by atoms with Gasteiger partial charge in [-0.25, -0.2) is 5.01 Å². The second-order valence-corrected chi connectivity index (χ2v) is 7.92. The summed E-state index contributed by atoms with van der Waals surface area (Å²) in [5.74, 6) is -0.209. The number of halogens is 3. The molecule has 176 valence electrons. The van der Waals surface area contributed by atoms with Gasteiger partial charge in [-0.3, -0.25) is 14.5 Å². The largest absolute Gasteiger partial charge is 0.411 e. The molecule has 0 aromatic heterocycles. The van der Waals surface area contributed by atoms with Crippen molar-refractivity contribution in [2.24, 2.45) is 5.10 Å². The molecule has 3 rings (SSSR count). The fourth-order valence-electron chi connectivity index (χ4n) is 3.77. The van der Waals surface area contributed by atoms with E-state index in [1.54, 1.807) is 4.90 Å². The standard InChI is InChI=1S/C22H29F3N4O3/c23-22(24,25)17-32-16-4-10-27-12-14-28(15-13-27)20(30)7-8-21(31)29-11-9-19(26-29)18-5-2-1-3-6-18/h1-3,5-6H,4,7-17H2. The Kier molecular flexibility index (Phi) is 8.63. The van der Waals surface area contributed by atoms with E-state index in [4.69, 9.17) is 0 Å². The zero-order chi connectivity index (χ0) is 23.0. The molecule has 1 saturated heterocycles. The molecule has 0 N–H and O–H groups in total. The van der Waals surface area contributed by atoms with Crippen molar-refractivity contribution in [3.8, 4) is 0 Å². The number of amides is 2. The molecule has 1 fully saturated rings. The number of nitrogens with zero attached hydrogens (tertiary/aromatic N) is 4. The van der Waals surface area contributed by atoms with Gasteiger partial charge in [-0.05, 0) is 12.0 Å². The second kappa shape index (κ2) is 11.4. The number of carbonyl (C=O) groups excluding carboxylic acids is 2. The van der Waals surface area contributed by atoms with Crippen LogP contribution in [0.4, 0.5) is 13.2 Å². The van der Waals surface area contributed by atoms with Crippen LogP contribution >= 0.6 is 0 Å². The molecule has 0 bridgehead atoms. The van der Waals surface area contributed by atoms with Crippen LogP contribution in [0.3, 0.4) is 0 Å². The third-order valence-corrected chi connectivity index (χ3v) is 5.50. The van der Waals surface area contributed by atoms with E-state index in [-0.39, 0.29) is 31.3 Å². The van der Waals surface area contributed by atoms with Crippen molar-refractivity contribution in [1.29, 1.82) is 0 Å². The Morgan fingerprint density at radius 3 is 2.34 bits per heavy atom. The van der Waals surface area contributed by atoms with Gasteiger partial charge in [0, 0.05) is 58.6 Å². The SMILES string of the molecule is O=C(CCC(=O)N1CCC(c2ccccc2)=N1)N1CCN(CCCOCC(F)(F)F)CC1. The first-order valence-corrected chi connectivity index (χ1v) is 10.9. The Bertz CT molecular complexity index is 793. The van der Waals surface area contributed by atoms with E-state index in [9.17, 15) is 22.8 Å². The van der Waals surface area contributed by atoms with Crippen LogP contribution in [0.25, 0.3) is 0 Å². The molecule has 2 aliphatic rings. The van der Waals surface area contributed by atoms with E-state index in [0.29, 0.717) is 52.1 Å². The van der Waals surface area contributed by atoms with Crippen LogP contribution in [0.15, 0.2) is 35.4 Å². The summed E-state index contributed by atoms with van der Waals surface area (Å²) in [7, 11) is 0. The van der Waals surface area contributed by atoms with Crippen molar-refractivity contribution in [3.05, 3.63) is 35.9 Å². The number of rotatable bonds is 9. The number of alkyl halides is 3. The molecule has 10 heteroatoms. The van der Waals surface area contributed by atoms with Gasteiger partial charge in [-0.2, -0.15) is 18.3 Å². The van der Waals surface area contributed by atoms with Gasteiger partial charge in [0.15, 0.2) is 0 Å². The highest BCUT2D eigenvalue weighted by Gasteiger charge is 2.27. The first-order chi connectivity index (χ1) is 15.3. The van der Waals surface area contributed by atoms with Crippen LogP contribution in [0.5, 0.6) is 0 Å². The highest BCUT2D eigenvalue weighted by molar-refractivity contribution is 6.02. The fraction of sp³-hybridized carbons (Fsp3) is 0.591. The molecule has 32 heavy (non-hydrogen) atoms. The maximum absolute atomic E-state index is 12.5. The monoisotopic (exact) mass is 454 g/mol. The topological polar surface area (TPSA) is 65.5 Å². The summed E-state index contributed by atoms with van der Waals surface area (Å²) >= 11 is 0. The smallest absolute Gasteiger partial charge is 0.372 e. The zero-order valence-electron chi connectivity index (χ0n) is 18.0. The lowest BCUT2D eigenvalue weighted by Gasteiger charge is -2.34. The Hall–Kier alpha value is -2.46. The highest BCUT2D eigenvalue weighted by Crippen LogP contribution is 2.16. The van der Waals surface area contributed by atoms with Crippen LogP contribution in [-0.2, 0) is 14.3 Å². The summed E-state index contributed by atoms with van der Waals surface area (Å²) in [6.07, 6.45) is -2.80. The van der Waals surface area contributed by atoms with Gasteiger partial charge >= 0.3 is 6.18 Å². The molecule has 1 aromatic carbocycles. The second-order valence-electron chi connectivity index (χ2n) is 7.92. The van der Waals surface area contributed by atoms with Crippen molar-refractivity contribution in [3.63, 3.8) is 0 Å². The summed E-state index contributed by atoms with van der Waals surface area (Å²) in [4.78, 5) is 28.8. The van der Waals surface area contributed by atoms with Crippen molar-refractivity contribution in [2.75, 3.05) is 52.5 Å². The van der Waals surface area contributed by atoms with Crippen molar-refractivity contribution < 1.29 is 27.5 Å². The minimum Gasteiger partial charge on any atom is -0.372 e. The number of piperazine rings is 1. The predicted octanol–water partition coefficient (Wildman–Crippen LogP) is 2.52. The van der Waals surface area contributed by atoms with Gasteiger partial charge in [-0.15, -0.1) is 0 Å². The minimum atomic E-state index is -4.29. The number of hydrazone groups is 1. The number of hydrogen-bond donors (Lipinski definition) is 0. The summed E-state index contributed by atoms with van der Waals surface area (Å²) < 4.78 is 40.7. The van der Waals surface area contributed by atoms with Gasteiger partial charge in [0.1, 0.15) is 6.61 Å². The molecule has 0 atom stereocenters. The van der Waals surface area contributed by atoms with Gasteiger partial charge in [0.05, 0.1) is 12.3 Å². The number of benzene rings is 1. The fourth-order valence-corrected chi connectivity index (χ4v) is 3.77. The summed E-state index contributed by atoms with van der Waals surface area (Å²) in [5.41, 5.74) is 1.88. The Morgan fingerprint density at radius 2 is 1.66 bits per heavy atom. The molecular formula is C22H29F3N4O3. The molecule has 0 spiro atoms. The zero-order valence-corrected chi connectivity index (χ0v) is 18.0. The predicted molar refractivity (Wildman–Crippen MR) is 113 cm³/mol. The Morgan fingerprint density at radius 1 is 0.969 bits per heavy atom. The van der Waals surface area contributed by atoms with E-state index >= 15 is 0 Å². The number of ether oxygens (including phenoxy) is 1. The van der Waals surface area contributed by atoms with Gasteiger partial charge < -0.3 is 9.64 Å². The molecule has 0 unspecified atom stereocenters. The van der Waals surface area contributed by atoms with Gasteiger partial charge in [0.25, 0.3) is 0 Å². The minimum absolute atomic E-state index is 0.0574. The Labute approximate surface area is 185 Å². The van der Waals surface area contributed by atoms with Gasteiger partial charge in [-0.1, -0.05) is 30.3 Å². The van der Waals surface area contributed by atoms with Crippen LogP contribution in [0, 0.1) is 0 Å². The average molecular weight is 454 g/mol. The molecule has 1 aromatic rings. The average Bonchev–Trinajstić information content (AvgIpc) is 3.28. The lowest BCUT2D eigenvalue weighted by Crippen LogP contribution is -2.49. The summed E-state index contributed by atoms with van der Waals surface area (Å²) in [6.45, 7) is 2.44. The molecule has 0 radical (unpaired) electrons. The molecule has 2 heterocycles. The molecular weight excluding hydrogens is 425 g/mol. The third kappa shape index (κ3) is 7.59. The van der Waals surface area contributed by atoms with Crippen LogP contribution in [0.2, 0.25) is 0 Å². The summed E-state index contributed by atoms with van der Waals surface area (Å²) in [5, 5.41) is 5.86. The first-order valence-electron chi connectivity index (χ1n) is 10.9. The van der Waals surface area contributed by atoms with Crippen LogP contribution in [-0.4, -0.2) is 91.0 Å². The lowest BCUT2D eigenvalue weighted by atomic mass is 10.1. The lowest BCUT2D eigenvalue weighted by molar-refractivity contribution is -0.174. The molecule has 0 saturated carbocycles. The first kappa shape index (κ1) is 24.2. The maximum atomic E-state index is 12.5. The van der Waals surface area contributed by atoms with Crippen LogP contribution in [0.1, 0.15) is 31.2 Å². The molecule has 2 aliphatic heterocycles. The maximum Gasteiger partial charge on any atom is 0.411 e. The normalized spacial score (nSPS) is 17.5. The van der Waals surface area contributed by atoms with E-state index in [2.05, 4.69) is 14.7 Å². The van der Waals surface area contributed by atoms with Crippen molar-refractivity contribution in [1.82, 2.24) is 14.8 Å². The van der Waals surface area contributed by atoms with Crippen molar-refractivity contribution in [2.45, 2.75) is 31.9 Å². The summed E-state index contributed by atoms with van der Waals surface area (Å²) in [6, 6.07) is 9.72. The van der Waals surface area contributed by atoms with E-state index in [1.807, 2.05) is 30.3 Å². The molecule has 2 amide bonds. The van der Waals surface area contributed by atoms with Gasteiger partial charge in [0.2, 0.25) is 11.8 Å². The quantitative estimate of drug-likeness (QED) is 0.538.